The van der Waals surface area contributed by atoms with E-state index in [0.29, 0.717) is 11.5 Å². The van der Waals surface area contributed by atoms with Crippen molar-refractivity contribution in [1.29, 1.82) is 0 Å². The van der Waals surface area contributed by atoms with E-state index in [-0.39, 0.29) is 0 Å². The normalized spacial score (nSPS) is 27.1. The molecule has 18 heavy (non-hydrogen) atoms. The Morgan fingerprint density at radius 1 is 1.50 bits per heavy atom. The summed E-state index contributed by atoms with van der Waals surface area (Å²) < 4.78 is 5.22. The lowest BCUT2D eigenvalue weighted by molar-refractivity contribution is 0.148. The Hall–Kier alpha value is -0.540. The third kappa shape index (κ3) is 3.48. The van der Waals surface area contributed by atoms with Crippen LogP contribution in [0.15, 0.2) is 11.4 Å². The number of ether oxygens (including phenoxy) is 1. The fraction of sp³-hybridized carbons (Fsp3) is 0.733. The van der Waals surface area contributed by atoms with Crippen LogP contribution < -0.4 is 10.1 Å². The Labute approximate surface area is 115 Å². The highest BCUT2D eigenvalue weighted by Gasteiger charge is 2.31. The van der Waals surface area contributed by atoms with E-state index in [1.165, 1.54) is 24.1 Å². The van der Waals surface area contributed by atoms with Crippen molar-refractivity contribution in [3.8, 4) is 5.75 Å². The van der Waals surface area contributed by atoms with Crippen LogP contribution >= 0.6 is 11.3 Å². The lowest BCUT2D eigenvalue weighted by Gasteiger charge is -2.39. The lowest BCUT2D eigenvalue weighted by atomic mass is 9.70. The maximum atomic E-state index is 5.22. The molecule has 102 valence electrons. The van der Waals surface area contributed by atoms with Gasteiger partial charge in [0.05, 0.1) is 7.11 Å². The van der Waals surface area contributed by atoms with Crippen LogP contribution in [0, 0.1) is 11.3 Å². The summed E-state index contributed by atoms with van der Waals surface area (Å²) in [7, 11) is 1.73. The first-order chi connectivity index (χ1) is 8.50. The van der Waals surface area contributed by atoms with Crippen LogP contribution in [0.25, 0.3) is 0 Å². The summed E-state index contributed by atoms with van der Waals surface area (Å²) in [6, 6.07) is 2.81. The Kier molecular flexibility index (Phi) is 4.33. The van der Waals surface area contributed by atoms with E-state index < -0.39 is 0 Å². The molecule has 3 heteroatoms. The van der Waals surface area contributed by atoms with Gasteiger partial charge >= 0.3 is 0 Å². The largest absolute Gasteiger partial charge is 0.496 e. The van der Waals surface area contributed by atoms with E-state index in [1.807, 2.05) is 0 Å². The van der Waals surface area contributed by atoms with Gasteiger partial charge in [-0.05, 0) is 36.7 Å². The minimum atomic E-state index is 0.531. The average molecular weight is 267 g/mol. The number of hydrogen-bond donors (Lipinski definition) is 1. The van der Waals surface area contributed by atoms with Crippen molar-refractivity contribution < 1.29 is 4.74 Å². The SMILES string of the molecule is COc1csc(CN[C@@H]2CCC(C)(C)CC2C)c1. The summed E-state index contributed by atoms with van der Waals surface area (Å²) >= 11 is 1.78. The van der Waals surface area contributed by atoms with E-state index in [4.69, 9.17) is 4.74 Å². The highest BCUT2D eigenvalue weighted by molar-refractivity contribution is 7.10. The molecule has 1 saturated carbocycles. The van der Waals surface area contributed by atoms with Gasteiger partial charge < -0.3 is 10.1 Å². The molecular formula is C15H25NOS. The minimum absolute atomic E-state index is 0.531. The Balaban J connectivity index is 1.83. The van der Waals surface area contributed by atoms with Crippen molar-refractivity contribution in [2.45, 2.75) is 52.6 Å². The van der Waals surface area contributed by atoms with E-state index in [1.54, 1.807) is 18.4 Å². The second-order valence-corrected chi connectivity index (χ2v) is 7.32. The maximum Gasteiger partial charge on any atom is 0.129 e. The van der Waals surface area contributed by atoms with Crippen molar-refractivity contribution in [3.05, 3.63) is 16.3 Å². The Morgan fingerprint density at radius 3 is 2.89 bits per heavy atom. The molecule has 0 aromatic carbocycles. The molecule has 1 aromatic heterocycles. The van der Waals surface area contributed by atoms with Gasteiger partial charge in [-0.1, -0.05) is 20.8 Å². The molecule has 1 aliphatic rings. The molecule has 0 spiro atoms. The summed E-state index contributed by atoms with van der Waals surface area (Å²) in [4.78, 5) is 1.36. The van der Waals surface area contributed by atoms with Crippen molar-refractivity contribution in [1.82, 2.24) is 5.32 Å². The molecule has 1 unspecified atom stereocenters. The van der Waals surface area contributed by atoms with Gasteiger partial charge in [0.15, 0.2) is 0 Å². The maximum absolute atomic E-state index is 5.22. The predicted octanol–water partition coefficient (Wildman–Crippen LogP) is 4.06. The van der Waals surface area contributed by atoms with Gasteiger partial charge in [0.1, 0.15) is 5.75 Å². The fourth-order valence-electron chi connectivity index (χ4n) is 3.04. The van der Waals surface area contributed by atoms with Crippen LogP contribution in [-0.2, 0) is 6.54 Å². The summed E-state index contributed by atoms with van der Waals surface area (Å²) in [6.07, 6.45) is 3.97. The van der Waals surface area contributed by atoms with Crippen LogP contribution in [0.2, 0.25) is 0 Å². The number of methoxy groups -OCH3 is 1. The van der Waals surface area contributed by atoms with Crippen molar-refractivity contribution >= 4 is 11.3 Å². The number of thiophene rings is 1. The Morgan fingerprint density at radius 2 is 2.28 bits per heavy atom. The van der Waals surface area contributed by atoms with Gasteiger partial charge in [0, 0.05) is 22.8 Å². The van der Waals surface area contributed by atoms with Gasteiger partial charge in [-0.2, -0.15) is 0 Å². The fourth-order valence-corrected chi connectivity index (χ4v) is 3.82. The number of rotatable bonds is 4. The topological polar surface area (TPSA) is 21.3 Å². The molecule has 0 radical (unpaired) electrons. The second kappa shape index (κ2) is 5.62. The van der Waals surface area contributed by atoms with Crippen molar-refractivity contribution in [2.24, 2.45) is 11.3 Å². The molecule has 2 atom stereocenters. The average Bonchev–Trinajstić information content (AvgIpc) is 2.75. The zero-order chi connectivity index (χ0) is 13.2. The number of hydrogen-bond acceptors (Lipinski definition) is 3. The molecule has 1 fully saturated rings. The van der Waals surface area contributed by atoms with Gasteiger partial charge in [-0.3, -0.25) is 0 Å². The predicted molar refractivity (Wildman–Crippen MR) is 78.3 cm³/mol. The molecule has 0 amide bonds. The first-order valence-corrected chi connectivity index (χ1v) is 7.73. The van der Waals surface area contributed by atoms with Crippen LogP contribution in [-0.4, -0.2) is 13.2 Å². The minimum Gasteiger partial charge on any atom is -0.496 e. The molecule has 0 aliphatic heterocycles. The van der Waals surface area contributed by atoms with Gasteiger partial charge in [0.2, 0.25) is 0 Å². The van der Waals surface area contributed by atoms with Gasteiger partial charge in [-0.15, -0.1) is 11.3 Å². The lowest BCUT2D eigenvalue weighted by Crippen LogP contribution is -2.41. The molecule has 0 bridgehead atoms. The smallest absolute Gasteiger partial charge is 0.129 e. The summed E-state index contributed by atoms with van der Waals surface area (Å²) in [5.41, 5.74) is 0.531. The molecule has 1 heterocycles. The molecule has 0 saturated heterocycles. The standard InChI is InChI=1S/C15H25NOS/c1-11-8-15(2,3)6-5-14(11)16-9-13-7-12(17-4)10-18-13/h7,10-11,14,16H,5-6,8-9H2,1-4H3/t11?,14-/m1/s1. The molecule has 2 nitrogen and oxygen atoms in total. The van der Waals surface area contributed by atoms with Crippen molar-refractivity contribution in [2.75, 3.05) is 7.11 Å². The first kappa shape index (κ1) is 13.9. The first-order valence-electron chi connectivity index (χ1n) is 6.85. The summed E-state index contributed by atoms with van der Waals surface area (Å²) in [6.45, 7) is 8.14. The van der Waals surface area contributed by atoms with E-state index in [2.05, 4.69) is 37.5 Å². The monoisotopic (exact) mass is 267 g/mol. The highest BCUT2D eigenvalue weighted by atomic mass is 32.1. The quantitative estimate of drug-likeness (QED) is 0.888. The number of nitrogens with one attached hydrogen (secondary N) is 1. The van der Waals surface area contributed by atoms with Crippen LogP contribution in [0.3, 0.4) is 0 Å². The summed E-state index contributed by atoms with van der Waals surface area (Å²) in [5.74, 6) is 1.75. The zero-order valence-electron chi connectivity index (χ0n) is 12.0. The summed E-state index contributed by atoms with van der Waals surface area (Å²) in [5, 5.41) is 5.79. The third-order valence-electron chi connectivity index (χ3n) is 4.10. The van der Waals surface area contributed by atoms with Gasteiger partial charge in [-0.25, -0.2) is 0 Å². The van der Waals surface area contributed by atoms with E-state index in [0.717, 1.165) is 18.2 Å². The highest BCUT2D eigenvalue weighted by Crippen LogP contribution is 2.38. The molecule has 1 aliphatic carbocycles. The zero-order valence-corrected chi connectivity index (χ0v) is 12.8. The molecule has 2 rings (SSSR count). The Bertz CT molecular complexity index is 386. The van der Waals surface area contributed by atoms with Crippen LogP contribution in [0.4, 0.5) is 0 Å². The van der Waals surface area contributed by atoms with E-state index in [9.17, 15) is 0 Å². The molecule has 1 aromatic rings. The molecule has 1 N–H and O–H groups in total. The van der Waals surface area contributed by atoms with E-state index >= 15 is 0 Å². The third-order valence-corrected chi connectivity index (χ3v) is 5.01. The van der Waals surface area contributed by atoms with Gasteiger partial charge in [0.25, 0.3) is 0 Å². The van der Waals surface area contributed by atoms with Crippen molar-refractivity contribution in [3.63, 3.8) is 0 Å². The van der Waals surface area contributed by atoms with Crippen LogP contribution in [0.1, 0.15) is 44.9 Å². The molecular weight excluding hydrogens is 242 g/mol. The second-order valence-electron chi connectivity index (χ2n) is 6.32. The van der Waals surface area contributed by atoms with Crippen LogP contribution in [0.5, 0.6) is 5.75 Å².